The smallest absolute Gasteiger partial charge is 0.264 e. The van der Waals surface area contributed by atoms with Gasteiger partial charge in [0.05, 0.1) is 30.5 Å². The summed E-state index contributed by atoms with van der Waals surface area (Å²) in [5.41, 5.74) is 6.25. The van der Waals surface area contributed by atoms with Crippen LogP contribution in [0.25, 0.3) is 0 Å². The quantitative estimate of drug-likeness (QED) is 0.305. The summed E-state index contributed by atoms with van der Waals surface area (Å²) < 4.78 is 39.1. The topological polar surface area (TPSA) is 97.3 Å². The van der Waals surface area contributed by atoms with Crippen LogP contribution in [0.15, 0.2) is 76.7 Å². The summed E-state index contributed by atoms with van der Waals surface area (Å²) in [6.07, 6.45) is 0. The van der Waals surface area contributed by atoms with E-state index in [1.165, 1.54) is 31.9 Å². The summed E-state index contributed by atoms with van der Waals surface area (Å²) >= 11 is 0. The number of aryl methyl sites for hydroxylation is 1. The number of carbonyl (C=O) groups excluding carboxylic acids is 1. The molecule has 202 valence electrons. The van der Waals surface area contributed by atoms with Crippen LogP contribution in [0.4, 0.5) is 5.69 Å². The molecule has 1 amide bonds. The number of hydrazone groups is 1. The second-order valence-corrected chi connectivity index (χ2v) is 11.8. The number of rotatable bonds is 9. The maximum atomic E-state index is 13.7. The molecule has 0 radical (unpaired) electrons. The number of amides is 1. The minimum atomic E-state index is -4.12. The lowest BCUT2D eigenvalue weighted by Crippen LogP contribution is -2.40. The molecule has 0 fully saturated rings. The van der Waals surface area contributed by atoms with Gasteiger partial charge in [0.2, 0.25) is 0 Å². The van der Waals surface area contributed by atoms with Crippen LogP contribution in [0.1, 0.15) is 44.4 Å². The Morgan fingerprint density at radius 2 is 1.58 bits per heavy atom. The highest BCUT2D eigenvalue weighted by Gasteiger charge is 2.29. The Hall–Kier alpha value is -3.85. The second kappa shape index (κ2) is 11.7. The van der Waals surface area contributed by atoms with E-state index in [2.05, 4.69) is 31.3 Å². The fourth-order valence-corrected chi connectivity index (χ4v) is 5.15. The second-order valence-electron chi connectivity index (χ2n) is 9.92. The van der Waals surface area contributed by atoms with Gasteiger partial charge in [0.25, 0.3) is 15.9 Å². The molecule has 0 unspecified atom stereocenters. The lowest BCUT2D eigenvalue weighted by atomic mass is 9.86. The molecule has 0 aliphatic rings. The Labute approximate surface area is 225 Å². The van der Waals surface area contributed by atoms with Crippen LogP contribution in [-0.2, 0) is 20.2 Å². The molecule has 1 N–H and O–H groups in total. The zero-order valence-electron chi connectivity index (χ0n) is 22.9. The number of hydrogen-bond donors (Lipinski definition) is 1. The predicted octanol–water partition coefficient (Wildman–Crippen LogP) is 5.05. The molecule has 0 saturated heterocycles. The summed E-state index contributed by atoms with van der Waals surface area (Å²) in [7, 11) is -1.20. The van der Waals surface area contributed by atoms with E-state index in [0.29, 0.717) is 11.5 Å². The van der Waals surface area contributed by atoms with Gasteiger partial charge in [0.15, 0.2) is 0 Å². The van der Waals surface area contributed by atoms with Crippen molar-refractivity contribution in [1.29, 1.82) is 0 Å². The lowest BCUT2D eigenvalue weighted by molar-refractivity contribution is -0.119. The summed E-state index contributed by atoms with van der Waals surface area (Å²) in [4.78, 5) is 13.1. The monoisotopic (exact) mass is 537 g/mol. The first-order valence-corrected chi connectivity index (χ1v) is 13.6. The van der Waals surface area contributed by atoms with Gasteiger partial charge in [-0.2, -0.15) is 5.10 Å². The number of nitrogens with one attached hydrogen (secondary N) is 1. The molecule has 0 spiro atoms. The molecule has 9 heteroatoms. The van der Waals surface area contributed by atoms with E-state index in [1.54, 1.807) is 37.3 Å². The number of hydrogen-bond acceptors (Lipinski definition) is 6. The molecule has 0 aliphatic heterocycles. The summed E-state index contributed by atoms with van der Waals surface area (Å²) in [6, 6.07) is 19.1. The fourth-order valence-electron chi connectivity index (χ4n) is 3.72. The molecular formula is C29H35N3O5S. The molecule has 8 nitrogen and oxygen atoms in total. The highest BCUT2D eigenvalue weighted by atomic mass is 32.2. The molecule has 38 heavy (non-hydrogen) atoms. The van der Waals surface area contributed by atoms with E-state index in [1.807, 2.05) is 31.2 Å². The Morgan fingerprint density at radius 3 is 2.13 bits per heavy atom. The number of carbonyl (C=O) groups is 1. The van der Waals surface area contributed by atoms with E-state index < -0.39 is 22.5 Å². The largest absolute Gasteiger partial charge is 0.497 e. The zero-order valence-corrected chi connectivity index (χ0v) is 23.7. The lowest BCUT2D eigenvalue weighted by Gasteiger charge is -2.25. The average molecular weight is 538 g/mol. The number of anilines is 1. The molecular weight excluding hydrogens is 502 g/mol. The first-order valence-electron chi connectivity index (χ1n) is 12.1. The molecule has 0 aliphatic carbocycles. The maximum Gasteiger partial charge on any atom is 0.264 e. The molecule has 3 aromatic rings. The number of benzene rings is 3. The minimum Gasteiger partial charge on any atom is -0.497 e. The van der Waals surface area contributed by atoms with E-state index >= 15 is 0 Å². The first kappa shape index (κ1) is 28.7. The Balaban J connectivity index is 1.91. The van der Waals surface area contributed by atoms with Gasteiger partial charge in [-0.25, -0.2) is 13.8 Å². The molecule has 0 heterocycles. The van der Waals surface area contributed by atoms with Gasteiger partial charge in [-0.1, -0.05) is 62.7 Å². The van der Waals surface area contributed by atoms with Gasteiger partial charge in [0.1, 0.15) is 18.0 Å². The summed E-state index contributed by atoms with van der Waals surface area (Å²) in [5.74, 6) is 0.121. The van der Waals surface area contributed by atoms with Gasteiger partial charge in [-0.05, 0) is 54.7 Å². The van der Waals surface area contributed by atoms with E-state index in [9.17, 15) is 13.2 Å². The average Bonchev–Trinajstić information content (AvgIpc) is 2.89. The van der Waals surface area contributed by atoms with Gasteiger partial charge in [-0.3, -0.25) is 9.10 Å². The number of sulfonamides is 1. The third-order valence-corrected chi connectivity index (χ3v) is 7.84. The molecule has 0 saturated carbocycles. The van der Waals surface area contributed by atoms with Crippen LogP contribution < -0.4 is 19.2 Å². The third kappa shape index (κ3) is 6.72. The van der Waals surface area contributed by atoms with Gasteiger partial charge >= 0.3 is 0 Å². The first-order chi connectivity index (χ1) is 17.9. The van der Waals surface area contributed by atoms with E-state index in [-0.39, 0.29) is 21.7 Å². The molecule has 0 aromatic heterocycles. The van der Waals surface area contributed by atoms with Crippen molar-refractivity contribution in [3.05, 3.63) is 83.4 Å². The summed E-state index contributed by atoms with van der Waals surface area (Å²) in [6.45, 7) is 9.54. The maximum absolute atomic E-state index is 13.7. The van der Waals surface area contributed by atoms with Crippen molar-refractivity contribution in [2.45, 2.75) is 44.9 Å². The molecule has 3 aromatic carbocycles. The molecule has 0 atom stereocenters. The van der Waals surface area contributed by atoms with Crippen molar-refractivity contribution >= 4 is 27.3 Å². The highest BCUT2D eigenvalue weighted by molar-refractivity contribution is 7.92. The SMILES string of the molecule is COc1ccc(N(CC(=O)N/N=C(/C)c2ccc(C(C)(C)C)cc2)S(=O)(=O)c2ccc(C)cc2)c(OC)c1. The normalized spacial score (nSPS) is 12.1. The van der Waals surface area contributed by atoms with Crippen LogP contribution in [-0.4, -0.2) is 40.8 Å². The number of nitrogens with zero attached hydrogens (tertiary/aromatic N) is 2. The van der Waals surface area contributed by atoms with Crippen molar-refractivity contribution in [1.82, 2.24) is 5.43 Å². The van der Waals surface area contributed by atoms with Crippen molar-refractivity contribution in [2.75, 3.05) is 25.1 Å². The van der Waals surface area contributed by atoms with Crippen molar-refractivity contribution in [2.24, 2.45) is 5.10 Å². The van der Waals surface area contributed by atoms with Gasteiger partial charge < -0.3 is 9.47 Å². The van der Waals surface area contributed by atoms with Crippen LogP contribution in [0.3, 0.4) is 0 Å². The summed E-state index contributed by atoms with van der Waals surface area (Å²) in [5, 5.41) is 4.21. The molecule has 3 rings (SSSR count). The highest BCUT2D eigenvalue weighted by Crippen LogP contribution is 2.35. The van der Waals surface area contributed by atoms with Gasteiger partial charge in [0, 0.05) is 6.07 Å². The zero-order chi connectivity index (χ0) is 28.1. The van der Waals surface area contributed by atoms with Gasteiger partial charge in [-0.15, -0.1) is 0 Å². The standard InChI is InChI=1S/C29H35N3O5S/c1-20-8-15-25(16-9-20)38(34,35)32(26-17-14-24(36-6)18-27(26)37-7)19-28(33)31-30-21(2)22-10-12-23(13-11-22)29(3,4)5/h8-18H,19H2,1-7H3,(H,31,33)/b30-21-. The Morgan fingerprint density at radius 1 is 0.947 bits per heavy atom. The molecule has 0 bridgehead atoms. The van der Waals surface area contributed by atoms with Crippen LogP contribution >= 0.6 is 0 Å². The van der Waals surface area contributed by atoms with Crippen LogP contribution in [0.2, 0.25) is 0 Å². The van der Waals surface area contributed by atoms with Crippen molar-refractivity contribution in [3.8, 4) is 11.5 Å². The Bertz CT molecular complexity index is 1410. The minimum absolute atomic E-state index is 0.0205. The predicted molar refractivity (Wildman–Crippen MR) is 151 cm³/mol. The fraction of sp³-hybridized carbons (Fsp3) is 0.310. The van der Waals surface area contributed by atoms with E-state index in [4.69, 9.17) is 9.47 Å². The van der Waals surface area contributed by atoms with Crippen molar-refractivity contribution in [3.63, 3.8) is 0 Å². The van der Waals surface area contributed by atoms with E-state index in [0.717, 1.165) is 15.4 Å². The number of ether oxygens (including phenoxy) is 2. The number of methoxy groups -OCH3 is 2. The van der Waals surface area contributed by atoms with Crippen LogP contribution in [0.5, 0.6) is 11.5 Å². The van der Waals surface area contributed by atoms with Crippen LogP contribution in [0, 0.1) is 6.92 Å². The Kier molecular flexibility index (Phi) is 8.83. The van der Waals surface area contributed by atoms with Crippen molar-refractivity contribution < 1.29 is 22.7 Å². The third-order valence-electron chi connectivity index (χ3n) is 6.07.